The number of hydrogen-bond acceptors (Lipinski definition) is 6. The van der Waals surface area contributed by atoms with Crippen LogP contribution in [0.2, 0.25) is 5.02 Å². The van der Waals surface area contributed by atoms with Crippen molar-refractivity contribution < 1.29 is 18.7 Å². The Morgan fingerprint density at radius 2 is 2.03 bits per heavy atom. The number of pyridine rings is 1. The van der Waals surface area contributed by atoms with E-state index in [9.17, 15) is 9.59 Å². The van der Waals surface area contributed by atoms with Gasteiger partial charge in [0.05, 0.1) is 39.2 Å². The minimum absolute atomic E-state index is 0.0490. The van der Waals surface area contributed by atoms with E-state index in [1.165, 1.54) is 6.07 Å². The molecule has 39 heavy (non-hydrogen) atoms. The van der Waals surface area contributed by atoms with E-state index >= 15 is 4.39 Å². The summed E-state index contributed by atoms with van der Waals surface area (Å²) >= 11 is 6.67. The maximum atomic E-state index is 15.2. The Morgan fingerprint density at radius 3 is 2.79 bits per heavy atom. The van der Waals surface area contributed by atoms with Crippen LogP contribution in [-0.2, 0) is 11.8 Å². The standard InChI is InChI=1S/C28H26ClFN6O3/c1-13-3-4-21(14-7-19(30)23-22(8-14)39-28(5-6-28)27(38)34-23)36(12-13)26(37)15-9-16-20(10-18(15)29)33-25(31)17-11-32-35(2)24(16)17/h7-11,13,21H,3-6,12H2,1-2H3,(H2,31,33)(H,34,38)/t13-,21?/m0/s1. The number of carbonyl (C=O) groups is 2. The minimum Gasteiger partial charge on any atom is -0.475 e. The van der Waals surface area contributed by atoms with E-state index in [0.717, 1.165) is 11.9 Å². The van der Waals surface area contributed by atoms with Gasteiger partial charge in [-0.3, -0.25) is 14.3 Å². The fraction of sp³-hybridized carbons (Fsp3) is 0.357. The van der Waals surface area contributed by atoms with Crippen LogP contribution in [0, 0.1) is 11.7 Å². The fourth-order valence-corrected chi connectivity index (χ4v) is 6.18. The second-order valence-corrected chi connectivity index (χ2v) is 11.4. The molecule has 1 spiro atoms. The maximum Gasteiger partial charge on any atom is 0.268 e. The molecule has 200 valence electrons. The number of anilines is 2. The van der Waals surface area contributed by atoms with Gasteiger partial charge in [0.25, 0.3) is 11.8 Å². The summed E-state index contributed by atoms with van der Waals surface area (Å²) in [6.07, 6.45) is 4.37. The molecule has 1 saturated heterocycles. The number of aryl methyl sites for hydroxylation is 1. The summed E-state index contributed by atoms with van der Waals surface area (Å²) in [5.74, 6) is -0.248. The SMILES string of the molecule is C[C@H]1CCC(c2cc(F)c3c(c2)OC2(CC2)C(=O)N3)N(C(=O)c2cc3c(cc2Cl)nc(N)c2cnn(C)c23)C1. The van der Waals surface area contributed by atoms with Gasteiger partial charge in [-0.1, -0.05) is 18.5 Å². The Morgan fingerprint density at radius 1 is 1.23 bits per heavy atom. The van der Waals surface area contributed by atoms with Gasteiger partial charge in [-0.15, -0.1) is 0 Å². The van der Waals surface area contributed by atoms with Crippen LogP contribution in [0.5, 0.6) is 5.75 Å². The molecule has 1 unspecified atom stereocenters. The number of carbonyl (C=O) groups excluding carboxylic acids is 2. The summed E-state index contributed by atoms with van der Waals surface area (Å²) in [5, 5.41) is 8.65. The first-order valence-corrected chi connectivity index (χ1v) is 13.4. The van der Waals surface area contributed by atoms with Gasteiger partial charge in [0, 0.05) is 31.8 Å². The van der Waals surface area contributed by atoms with E-state index in [1.807, 2.05) is 0 Å². The summed E-state index contributed by atoms with van der Waals surface area (Å²) < 4.78 is 22.9. The first-order valence-electron chi connectivity index (χ1n) is 13.0. The number of nitrogen functional groups attached to an aromatic ring is 1. The number of nitrogens with two attached hydrogens (primary N) is 1. The predicted octanol–water partition coefficient (Wildman–Crippen LogP) is 4.97. The number of rotatable bonds is 2. The molecule has 0 radical (unpaired) electrons. The molecule has 2 aromatic heterocycles. The highest BCUT2D eigenvalue weighted by atomic mass is 35.5. The molecule has 4 aromatic rings. The average molecular weight is 549 g/mol. The van der Waals surface area contributed by atoms with Crippen molar-refractivity contribution >= 4 is 56.7 Å². The van der Waals surface area contributed by atoms with Crippen LogP contribution in [0.25, 0.3) is 21.8 Å². The largest absolute Gasteiger partial charge is 0.475 e. The van der Waals surface area contributed by atoms with Crippen molar-refractivity contribution in [1.82, 2.24) is 19.7 Å². The highest BCUT2D eigenvalue weighted by molar-refractivity contribution is 6.35. The molecule has 1 saturated carbocycles. The number of nitrogens with one attached hydrogen (secondary N) is 1. The number of nitrogens with zero attached hydrogens (tertiary/aromatic N) is 4. The normalized spacial score (nSPS) is 21.6. The molecule has 0 bridgehead atoms. The highest BCUT2D eigenvalue weighted by Crippen LogP contribution is 2.49. The Hall–Kier alpha value is -3.92. The second kappa shape index (κ2) is 8.29. The number of fused-ring (bicyclic) bond motifs is 4. The Bertz CT molecular complexity index is 1730. The van der Waals surface area contributed by atoms with Gasteiger partial charge in [-0.2, -0.15) is 5.10 Å². The van der Waals surface area contributed by atoms with Crippen molar-refractivity contribution in [3.63, 3.8) is 0 Å². The first kappa shape index (κ1) is 24.1. The topological polar surface area (TPSA) is 115 Å². The smallest absolute Gasteiger partial charge is 0.268 e. The van der Waals surface area contributed by atoms with Crippen LogP contribution in [0.3, 0.4) is 0 Å². The summed E-state index contributed by atoms with van der Waals surface area (Å²) in [5.41, 5.74) is 7.57. The lowest BCUT2D eigenvalue weighted by Crippen LogP contribution is -2.42. The van der Waals surface area contributed by atoms with Gasteiger partial charge in [0.2, 0.25) is 0 Å². The van der Waals surface area contributed by atoms with Crippen molar-refractivity contribution in [3.8, 4) is 5.75 Å². The summed E-state index contributed by atoms with van der Waals surface area (Å²) in [7, 11) is 1.81. The van der Waals surface area contributed by atoms with E-state index in [2.05, 4.69) is 22.3 Å². The van der Waals surface area contributed by atoms with Gasteiger partial charge >= 0.3 is 0 Å². The van der Waals surface area contributed by atoms with Crippen LogP contribution in [0.1, 0.15) is 54.6 Å². The summed E-state index contributed by atoms with van der Waals surface area (Å²) in [4.78, 5) is 32.7. The number of piperidine rings is 1. The lowest BCUT2D eigenvalue weighted by Gasteiger charge is -2.39. The molecule has 9 nitrogen and oxygen atoms in total. The predicted molar refractivity (Wildman–Crippen MR) is 145 cm³/mol. The molecule has 4 heterocycles. The molecule has 3 aliphatic rings. The summed E-state index contributed by atoms with van der Waals surface area (Å²) in [6, 6.07) is 6.15. The number of hydrogen-bond donors (Lipinski definition) is 2. The summed E-state index contributed by atoms with van der Waals surface area (Å²) in [6.45, 7) is 2.58. The number of aromatic nitrogens is 3. The van der Waals surface area contributed by atoms with E-state index in [0.29, 0.717) is 64.8 Å². The zero-order valence-corrected chi connectivity index (χ0v) is 22.2. The van der Waals surface area contributed by atoms with Crippen molar-refractivity contribution in [2.75, 3.05) is 17.6 Å². The third-order valence-electron chi connectivity index (χ3n) is 8.23. The third-order valence-corrected chi connectivity index (χ3v) is 8.54. The molecule has 2 aromatic carbocycles. The maximum absolute atomic E-state index is 15.2. The molecule has 2 amide bonds. The zero-order valence-electron chi connectivity index (χ0n) is 21.4. The molecule has 2 atom stereocenters. The van der Waals surface area contributed by atoms with Crippen LogP contribution in [0.15, 0.2) is 30.5 Å². The number of halogens is 2. The molecule has 3 N–H and O–H groups in total. The van der Waals surface area contributed by atoms with Gasteiger partial charge in [0.1, 0.15) is 17.3 Å². The number of likely N-dealkylation sites (tertiary alicyclic amines) is 1. The lowest BCUT2D eigenvalue weighted by atomic mass is 9.88. The number of ether oxygens (including phenoxy) is 1. The Kier molecular flexibility index (Phi) is 5.13. The van der Waals surface area contributed by atoms with Crippen molar-refractivity contribution in [1.29, 1.82) is 0 Å². The van der Waals surface area contributed by atoms with Crippen molar-refractivity contribution in [2.24, 2.45) is 13.0 Å². The third kappa shape index (κ3) is 3.65. The van der Waals surface area contributed by atoms with Crippen LogP contribution in [0.4, 0.5) is 15.9 Å². The molecule has 2 fully saturated rings. The fourth-order valence-electron chi connectivity index (χ4n) is 5.94. The molecular weight excluding hydrogens is 523 g/mol. The zero-order chi connectivity index (χ0) is 27.2. The molecular formula is C28H26ClFN6O3. The molecule has 1 aliphatic carbocycles. The Labute approximate surface area is 228 Å². The lowest BCUT2D eigenvalue weighted by molar-refractivity contribution is -0.125. The van der Waals surface area contributed by atoms with Crippen LogP contribution >= 0.6 is 11.6 Å². The highest BCUT2D eigenvalue weighted by Gasteiger charge is 2.56. The van der Waals surface area contributed by atoms with Crippen LogP contribution in [-0.4, -0.2) is 43.6 Å². The van der Waals surface area contributed by atoms with E-state index in [4.69, 9.17) is 22.1 Å². The average Bonchev–Trinajstić information content (AvgIpc) is 3.56. The van der Waals surface area contributed by atoms with Crippen molar-refractivity contribution in [3.05, 3.63) is 52.4 Å². The van der Waals surface area contributed by atoms with Crippen LogP contribution < -0.4 is 15.8 Å². The van der Waals surface area contributed by atoms with Gasteiger partial charge in [-0.05, 0) is 48.6 Å². The van der Waals surface area contributed by atoms with E-state index < -0.39 is 17.5 Å². The quantitative estimate of drug-likeness (QED) is 0.365. The van der Waals surface area contributed by atoms with Gasteiger partial charge in [-0.25, -0.2) is 9.37 Å². The molecule has 2 aliphatic heterocycles. The minimum atomic E-state index is -0.901. The second-order valence-electron chi connectivity index (χ2n) is 11.0. The van der Waals surface area contributed by atoms with Gasteiger partial charge < -0.3 is 20.7 Å². The number of amides is 2. The Balaban J connectivity index is 1.31. The monoisotopic (exact) mass is 548 g/mol. The number of benzene rings is 2. The van der Waals surface area contributed by atoms with Gasteiger partial charge in [0.15, 0.2) is 11.4 Å². The van der Waals surface area contributed by atoms with Crippen molar-refractivity contribution in [2.45, 2.75) is 44.2 Å². The first-order chi connectivity index (χ1) is 18.6. The van der Waals surface area contributed by atoms with E-state index in [1.54, 1.807) is 41.0 Å². The molecule has 7 rings (SSSR count). The van der Waals surface area contributed by atoms with E-state index in [-0.39, 0.29) is 28.4 Å². The molecule has 11 heteroatoms.